The lowest BCUT2D eigenvalue weighted by Crippen LogP contribution is -2.60. The fourth-order valence-electron chi connectivity index (χ4n) is 5.16. The van der Waals surface area contributed by atoms with Gasteiger partial charge in [0.1, 0.15) is 12.4 Å². The molecule has 168 valence electrons. The molecular formula is C21H37N7OS. The Balaban J connectivity index is 1.34. The zero-order chi connectivity index (χ0) is 20.8. The summed E-state index contributed by atoms with van der Waals surface area (Å²) in [6, 6.07) is 0.314. The van der Waals surface area contributed by atoms with Crippen LogP contribution in [0.2, 0.25) is 0 Å². The van der Waals surface area contributed by atoms with Crippen LogP contribution >= 0.6 is 11.8 Å². The van der Waals surface area contributed by atoms with Crippen molar-refractivity contribution in [2.24, 2.45) is 4.99 Å². The van der Waals surface area contributed by atoms with E-state index < -0.39 is 0 Å². The zero-order valence-electron chi connectivity index (χ0n) is 18.5. The molecule has 1 aromatic rings. The monoisotopic (exact) mass is 435 g/mol. The zero-order valence-corrected chi connectivity index (χ0v) is 19.3. The molecule has 1 unspecified atom stereocenters. The second-order valence-electron chi connectivity index (χ2n) is 8.75. The second kappa shape index (κ2) is 10.3. The van der Waals surface area contributed by atoms with Gasteiger partial charge in [0.2, 0.25) is 0 Å². The van der Waals surface area contributed by atoms with E-state index in [1.54, 1.807) is 7.11 Å². The van der Waals surface area contributed by atoms with Crippen molar-refractivity contribution in [3.63, 3.8) is 0 Å². The van der Waals surface area contributed by atoms with Crippen LogP contribution in [0.5, 0.6) is 0 Å². The van der Waals surface area contributed by atoms with Crippen molar-refractivity contribution in [2.45, 2.75) is 69.7 Å². The van der Waals surface area contributed by atoms with Crippen LogP contribution in [-0.2, 0) is 24.3 Å². The van der Waals surface area contributed by atoms with Crippen molar-refractivity contribution in [2.75, 3.05) is 45.3 Å². The minimum absolute atomic E-state index is 0.289. The van der Waals surface area contributed by atoms with Crippen LogP contribution in [-0.4, -0.2) is 82.5 Å². The highest BCUT2D eigenvalue weighted by atomic mass is 32.2. The maximum absolute atomic E-state index is 5.18. The molecule has 2 N–H and O–H groups in total. The number of hydrogen-bond acceptors (Lipinski definition) is 6. The van der Waals surface area contributed by atoms with Gasteiger partial charge in [-0.05, 0) is 19.3 Å². The normalized spacial score (nSPS) is 25.0. The molecule has 0 bridgehead atoms. The first-order chi connectivity index (χ1) is 14.7. The van der Waals surface area contributed by atoms with Crippen molar-refractivity contribution >= 4 is 17.7 Å². The van der Waals surface area contributed by atoms with Crippen LogP contribution in [0, 0.1) is 0 Å². The van der Waals surface area contributed by atoms with Crippen LogP contribution in [0.25, 0.3) is 0 Å². The molecule has 1 aliphatic carbocycles. The highest BCUT2D eigenvalue weighted by molar-refractivity contribution is 7.99. The number of methoxy groups -OCH3 is 1. The maximum Gasteiger partial charge on any atom is 0.191 e. The summed E-state index contributed by atoms with van der Waals surface area (Å²) in [5.74, 6) is 5.28. The van der Waals surface area contributed by atoms with Gasteiger partial charge in [0.25, 0.3) is 0 Å². The van der Waals surface area contributed by atoms with Gasteiger partial charge in [-0.3, -0.25) is 9.89 Å². The number of aliphatic imine (C=N–C) groups is 1. The Morgan fingerprint density at radius 3 is 2.80 bits per heavy atom. The van der Waals surface area contributed by atoms with Crippen molar-refractivity contribution in [1.82, 2.24) is 30.3 Å². The molecular weight excluding hydrogens is 398 g/mol. The third-order valence-corrected chi connectivity index (χ3v) is 7.73. The Kier molecular flexibility index (Phi) is 7.54. The summed E-state index contributed by atoms with van der Waals surface area (Å²) in [6.07, 6.45) is 8.65. The maximum atomic E-state index is 5.18. The number of aromatic nitrogens is 3. The molecule has 30 heavy (non-hydrogen) atoms. The van der Waals surface area contributed by atoms with E-state index in [2.05, 4.69) is 42.4 Å². The standard InChI is InChI=1S/C21H37N7OS/c1-22-20(24-17-6-7-19-25-18(15-29-2)26-28(19)14-17)23-16-21(8-4-3-5-9-21)27-10-12-30-13-11-27/h17H,3-16H2,1-2H3,(H2,22,23,24). The highest BCUT2D eigenvalue weighted by Gasteiger charge is 2.38. The lowest BCUT2D eigenvalue weighted by molar-refractivity contribution is 0.0625. The molecule has 0 aromatic carbocycles. The second-order valence-corrected chi connectivity index (χ2v) is 9.97. The summed E-state index contributed by atoms with van der Waals surface area (Å²) < 4.78 is 7.20. The number of ether oxygens (including phenoxy) is 1. The van der Waals surface area contributed by atoms with Gasteiger partial charge in [0, 0.05) is 63.3 Å². The molecule has 1 aromatic heterocycles. The fourth-order valence-corrected chi connectivity index (χ4v) is 6.06. The van der Waals surface area contributed by atoms with Crippen LogP contribution in [0.15, 0.2) is 4.99 Å². The van der Waals surface area contributed by atoms with Crippen molar-refractivity contribution in [3.8, 4) is 0 Å². The summed E-state index contributed by atoms with van der Waals surface area (Å²) in [5.41, 5.74) is 0.289. The number of nitrogens with one attached hydrogen (secondary N) is 2. The number of rotatable bonds is 6. The molecule has 1 atom stereocenters. The first-order valence-corrected chi connectivity index (χ1v) is 12.6. The number of aryl methyl sites for hydroxylation is 1. The van der Waals surface area contributed by atoms with Crippen molar-refractivity contribution in [1.29, 1.82) is 0 Å². The minimum atomic E-state index is 0.289. The van der Waals surface area contributed by atoms with Gasteiger partial charge in [-0.25, -0.2) is 9.67 Å². The number of hydrogen-bond donors (Lipinski definition) is 2. The lowest BCUT2D eigenvalue weighted by atomic mass is 9.80. The van der Waals surface area contributed by atoms with E-state index in [4.69, 9.17) is 4.74 Å². The molecule has 3 aliphatic rings. The third-order valence-electron chi connectivity index (χ3n) is 6.79. The van der Waals surface area contributed by atoms with E-state index in [-0.39, 0.29) is 5.54 Å². The Labute approximate surface area is 184 Å². The molecule has 1 saturated heterocycles. The molecule has 0 spiro atoms. The van der Waals surface area contributed by atoms with Gasteiger partial charge < -0.3 is 15.4 Å². The number of fused-ring (bicyclic) bond motifs is 1. The van der Waals surface area contributed by atoms with E-state index in [1.807, 2.05) is 11.7 Å². The lowest BCUT2D eigenvalue weighted by Gasteiger charge is -2.48. The van der Waals surface area contributed by atoms with Crippen LogP contribution in [0.3, 0.4) is 0 Å². The average Bonchev–Trinajstić information content (AvgIpc) is 3.20. The van der Waals surface area contributed by atoms with Crippen LogP contribution < -0.4 is 10.6 Å². The Morgan fingerprint density at radius 2 is 2.07 bits per heavy atom. The third kappa shape index (κ3) is 5.11. The van der Waals surface area contributed by atoms with Gasteiger partial charge in [0.05, 0.1) is 6.54 Å². The van der Waals surface area contributed by atoms with E-state index >= 15 is 0 Å². The number of guanidine groups is 1. The molecule has 4 rings (SSSR count). The largest absolute Gasteiger partial charge is 0.377 e. The molecule has 3 heterocycles. The van der Waals surface area contributed by atoms with E-state index in [0.717, 1.165) is 43.5 Å². The van der Waals surface area contributed by atoms with Gasteiger partial charge in [-0.1, -0.05) is 19.3 Å². The SMILES string of the molecule is CN=C(NCC1(N2CCSCC2)CCCCC1)NC1CCc2nc(COC)nn2C1. The van der Waals surface area contributed by atoms with Crippen LogP contribution in [0.4, 0.5) is 0 Å². The van der Waals surface area contributed by atoms with E-state index in [9.17, 15) is 0 Å². The minimum Gasteiger partial charge on any atom is -0.377 e. The predicted octanol–water partition coefficient (Wildman–Crippen LogP) is 1.66. The molecule has 9 heteroatoms. The topological polar surface area (TPSA) is 79.6 Å². The quantitative estimate of drug-likeness (QED) is 0.520. The molecule has 2 aliphatic heterocycles. The highest BCUT2D eigenvalue weighted by Crippen LogP contribution is 2.34. The summed E-state index contributed by atoms with van der Waals surface area (Å²) in [6.45, 7) is 4.72. The first kappa shape index (κ1) is 21.9. The van der Waals surface area contributed by atoms with Gasteiger partial charge in [-0.2, -0.15) is 16.9 Å². The average molecular weight is 436 g/mol. The number of thioether (sulfide) groups is 1. The molecule has 0 radical (unpaired) electrons. The Bertz CT molecular complexity index is 710. The van der Waals surface area contributed by atoms with Gasteiger partial charge in [-0.15, -0.1) is 0 Å². The van der Waals surface area contributed by atoms with E-state index in [1.165, 1.54) is 56.7 Å². The van der Waals surface area contributed by atoms with E-state index in [0.29, 0.717) is 12.6 Å². The molecule has 1 saturated carbocycles. The smallest absolute Gasteiger partial charge is 0.191 e. The Hall–Kier alpha value is -1.32. The Morgan fingerprint density at radius 1 is 1.27 bits per heavy atom. The number of nitrogens with zero attached hydrogens (tertiary/aromatic N) is 5. The predicted molar refractivity (Wildman–Crippen MR) is 122 cm³/mol. The summed E-state index contributed by atoms with van der Waals surface area (Å²) in [5, 5.41) is 11.9. The molecule has 2 fully saturated rings. The van der Waals surface area contributed by atoms with Crippen molar-refractivity contribution in [3.05, 3.63) is 11.6 Å². The molecule has 8 nitrogen and oxygen atoms in total. The van der Waals surface area contributed by atoms with Gasteiger partial charge >= 0.3 is 0 Å². The van der Waals surface area contributed by atoms with Crippen molar-refractivity contribution < 1.29 is 4.74 Å². The summed E-state index contributed by atoms with van der Waals surface area (Å²) in [7, 11) is 3.56. The van der Waals surface area contributed by atoms with Gasteiger partial charge in [0.15, 0.2) is 11.8 Å². The summed E-state index contributed by atoms with van der Waals surface area (Å²) >= 11 is 2.09. The molecule has 0 amide bonds. The van der Waals surface area contributed by atoms with Crippen LogP contribution in [0.1, 0.15) is 50.2 Å². The summed E-state index contributed by atoms with van der Waals surface area (Å²) in [4.78, 5) is 11.9. The fraction of sp³-hybridized carbons (Fsp3) is 0.857. The first-order valence-electron chi connectivity index (χ1n) is 11.4.